The Morgan fingerprint density at radius 1 is 1.50 bits per heavy atom. The van der Waals surface area contributed by atoms with Crippen molar-refractivity contribution >= 4 is 5.69 Å². The second kappa shape index (κ2) is 4.42. The van der Waals surface area contributed by atoms with E-state index in [0.29, 0.717) is 17.9 Å². The van der Waals surface area contributed by atoms with Crippen molar-refractivity contribution in [3.63, 3.8) is 0 Å². The van der Waals surface area contributed by atoms with Gasteiger partial charge in [-0.2, -0.15) is 0 Å². The predicted octanol–water partition coefficient (Wildman–Crippen LogP) is 2.78. The first-order chi connectivity index (χ1) is 8.54. The smallest absolute Gasteiger partial charge is 0.273 e. The van der Waals surface area contributed by atoms with E-state index >= 15 is 0 Å². The summed E-state index contributed by atoms with van der Waals surface area (Å²) in [5.41, 5.74) is 8.14. The third kappa shape index (κ3) is 2.28. The number of azide groups is 1. The molecule has 8 nitrogen and oxygen atoms in total. The molecule has 0 aliphatic carbocycles. The Labute approximate surface area is 102 Å². The van der Waals surface area contributed by atoms with Crippen molar-refractivity contribution in [1.29, 1.82) is 0 Å². The first-order valence-corrected chi connectivity index (χ1v) is 5.21. The van der Waals surface area contributed by atoms with Gasteiger partial charge in [0, 0.05) is 30.9 Å². The van der Waals surface area contributed by atoms with Gasteiger partial charge in [0.2, 0.25) is 5.79 Å². The van der Waals surface area contributed by atoms with Crippen LogP contribution in [0.4, 0.5) is 5.69 Å². The Morgan fingerprint density at radius 3 is 2.89 bits per heavy atom. The van der Waals surface area contributed by atoms with Gasteiger partial charge in [-0.3, -0.25) is 10.1 Å². The van der Waals surface area contributed by atoms with E-state index < -0.39 is 10.7 Å². The van der Waals surface area contributed by atoms with Gasteiger partial charge in [0.05, 0.1) is 11.0 Å². The van der Waals surface area contributed by atoms with Gasteiger partial charge in [0.15, 0.2) is 11.5 Å². The molecule has 0 saturated carbocycles. The molecule has 1 aliphatic rings. The van der Waals surface area contributed by atoms with Gasteiger partial charge in [0.25, 0.3) is 5.69 Å². The van der Waals surface area contributed by atoms with Crippen molar-refractivity contribution in [3.8, 4) is 11.5 Å². The van der Waals surface area contributed by atoms with Crippen LogP contribution in [0.1, 0.15) is 13.3 Å². The highest BCUT2D eigenvalue weighted by Gasteiger charge is 2.37. The Bertz CT molecular complexity index is 541. The molecule has 0 fully saturated rings. The zero-order valence-electron chi connectivity index (χ0n) is 9.57. The highest BCUT2D eigenvalue weighted by molar-refractivity contribution is 5.50. The molecule has 1 atom stereocenters. The number of hydrogen-bond acceptors (Lipinski definition) is 5. The Balaban J connectivity index is 2.16. The molecule has 2 rings (SSSR count). The van der Waals surface area contributed by atoms with Crippen molar-refractivity contribution in [3.05, 3.63) is 38.8 Å². The van der Waals surface area contributed by atoms with Gasteiger partial charge in [-0.1, -0.05) is 5.11 Å². The number of rotatable bonds is 4. The number of nitro benzene ring substituents is 1. The van der Waals surface area contributed by atoms with Crippen LogP contribution in [0.5, 0.6) is 11.5 Å². The fraction of sp³-hybridized carbons (Fsp3) is 0.400. The van der Waals surface area contributed by atoms with E-state index in [9.17, 15) is 10.1 Å². The molecule has 1 aromatic rings. The van der Waals surface area contributed by atoms with Gasteiger partial charge >= 0.3 is 0 Å². The summed E-state index contributed by atoms with van der Waals surface area (Å²) in [6.45, 7) is 1.91. The summed E-state index contributed by atoms with van der Waals surface area (Å²) in [4.78, 5) is 12.8. The highest BCUT2D eigenvalue weighted by Crippen LogP contribution is 2.42. The second-order valence-corrected chi connectivity index (χ2v) is 3.93. The van der Waals surface area contributed by atoms with Crippen molar-refractivity contribution in [1.82, 2.24) is 0 Å². The van der Waals surface area contributed by atoms with Crippen LogP contribution in [0.3, 0.4) is 0 Å². The van der Waals surface area contributed by atoms with Crippen molar-refractivity contribution in [2.24, 2.45) is 5.11 Å². The maximum atomic E-state index is 10.6. The number of nitro groups is 1. The maximum Gasteiger partial charge on any atom is 0.273 e. The molecule has 0 aromatic heterocycles. The van der Waals surface area contributed by atoms with Crippen LogP contribution >= 0.6 is 0 Å². The van der Waals surface area contributed by atoms with E-state index in [2.05, 4.69) is 10.0 Å². The number of hydrogen-bond donors (Lipinski definition) is 0. The van der Waals surface area contributed by atoms with E-state index in [1.165, 1.54) is 18.2 Å². The Hall–Kier alpha value is -2.47. The summed E-state index contributed by atoms with van der Waals surface area (Å²) in [6.07, 6.45) is 0.361. The summed E-state index contributed by atoms with van der Waals surface area (Å²) < 4.78 is 11.1. The fourth-order valence-electron chi connectivity index (χ4n) is 1.66. The Kier molecular flexibility index (Phi) is 2.95. The third-order valence-corrected chi connectivity index (χ3v) is 2.52. The molecule has 18 heavy (non-hydrogen) atoms. The van der Waals surface area contributed by atoms with Gasteiger partial charge < -0.3 is 9.47 Å². The SMILES string of the molecule is CC1(CCN=[N+]=[N-])Oc2ccc([N+](=O)[O-])cc2O1. The molecular weight excluding hydrogens is 240 g/mol. The van der Waals surface area contributed by atoms with Crippen molar-refractivity contribution < 1.29 is 14.4 Å². The number of non-ortho nitro benzene ring substituents is 1. The standard InChI is InChI=1S/C10H10N4O4/c1-10(4-5-12-13-11)17-8-3-2-7(14(15)16)6-9(8)18-10/h2-3,6H,4-5H2,1H3. The van der Waals surface area contributed by atoms with Crippen LogP contribution in [-0.2, 0) is 0 Å². The van der Waals surface area contributed by atoms with Crippen LogP contribution in [0.25, 0.3) is 10.4 Å². The van der Waals surface area contributed by atoms with Gasteiger partial charge in [-0.05, 0) is 11.6 Å². The lowest BCUT2D eigenvalue weighted by atomic mass is 10.2. The average molecular weight is 250 g/mol. The lowest BCUT2D eigenvalue weighted by Crippen LogP contribution is -2.35. The molecule has 94 valence electrons. The molecule has 1 aliphatic heterocycles. The average Bonchev–Trinajstić information content (AvgIpc) is 2.64. The number of ether oxygens (including phenoxy) is 2. The van der Waals surface area contributed by atoms with Crippen molar-refractivity contribution in [2.45, 2.75) is 19.1 Å². The fourth-order valence-corrected chi connectivity index (χ4v) is 1.66. The molecular formula is C10H10N4O4. The monoisotopic (exact) mass is 250 g/mol. The minimum absolute atomic E-state index is 0.0587. The largest absolute Gasteiger partial charge is 0.449 e. The zero-order valence-corrected chi connectivity index (χ0v) is 9.57. The minimum atomic E-state index is -0.953. The van der Waals surface area contributed by atoms with E-state index in [-0.39, 0.29) is 12.2 Å². The Morgan fingerprint density at radius 2 is 2.22 bits per heavy atom. The first kappa shape index (κ1) is 12.0. The van der Waals surface area contributed by atoms with Crippen LogP contribution in [0.15, 0.2) is 23.3 Å². The van der Waals surface area contributed by atoms with Crippen LogP contribution in [0, 0.1) is 10.1 Å². The summed E-state index contributed by atoms with van der Waals surface area (Å²) in [6, 6.07) is 4.15. The van der Waals surface area contributed by atoms with E-state index in [0.717, 1.165) is 0 Å². The molecule has 0 radical (unpaired) electrons. The lowest BCUT2D eigenvalue weighted by Gasteiger charge is -2.21. The molecule has 1 heterocycles. The molecule has 1 aromatic carbocycles. The third-order valence-electron chi connectivity index (χ3n) is 2.52. The summed E-state index contributed by atoms with van der Waals surface area (Å²) in [5, 5.41) is 14.0. The van der Waals surface area contributed by atoms with Gasteiger partial charge in [-0.25, -0.2) is 0 Å². The molecule has 1 unspecified atom stereocenters. The van der Waals surface area contributed by atoms with Crippen LogP contribution in [-0.4, -0.2) is 17.3 Å². The van der Waals surface area contributed by atoms with Crippen molar-refractivity contribution in [2.75, 3.05) is 6.54 Å². The van der Waals surface area contributed by atoms with Gasteiger partial charge in [-0.15, -0.1) is 0 Å². The number of fused-ring (bicyclic) bond motifs is 1. The first-order valence-electron chi connectivity index (χ1n) is 5.21. The molecule has 0 N–H and O–H groups in total. The molecule has 8 heteroatoms. The number of benzene rings is 1. The molecule has 0 bridgehead atoms. The summed E-state index contributed by atoms with van der Waals surface area (Å²) in [5.74, 6) is -0.178. The topological polar surface area (TPSA) is 110 Å². The summed E-state index contributed by atoms with van der Waals surface area (Å²) in [7, 11) is 0. The second-order valence-electron chi connectivity index (χ2n) is 3.93. The number of nitrogens with zero attached hydrogens (tertiary/aromatic N) is 4. The van der Waals surface area contributed by atoms with Crippen LogP contribution < -0.4 is 9.47 Å². The van der Waals surface area contributed by atoms with Crippen LogP contribution in [0.2, 0.25) is 0 Å². The quantitative estimate of drug-likeness (QED) is 0.269. The molecule has 0 saturated heterocycles. The van der Waals surface area contributed by atoms with E-state index in [1.807, 2.05) is 0 Å². The lowest BCUT2D eigenvalue weighted by molar-refractivity contribution is -0.384. The normalized spacial score (nSPS) is 20.3. The minimum Gasteiger partial charge on any atom is -0.449 e. The summed E-state index contributed by atoms with van der Waals surface area (Å²) >= 11 is 0. The highest BCUT2D eigenvalue weighted by atomic mass is 16.7. The van der Waals surface area contributed by atoms with Gasteiger partial charge in [0.1, 0.15) is 0 Å². The van der Waals surface area contributed by atoms with E-state index in [1.54, 1.807) is 6.92 Å². The van der Waals surface area contributed by atoms with E-state index in [4.69, 9.17) is 15.0 Å². The molecule has 0 amide bonds. The zero-order chi connectivity index (χ0) is 13.2. The maximum absolute atomic E-state index is 10.6. The molecule has 0 spiro atoms. The predicted molar refractivity (Wildman–Crippen MR) is 61.4 cm³/mol.